The molecule has 4 fully saturated rings. The molecule has 8 N–H and O–H groups in total. The van der Waals surface area contributed by atoms with Crippen LogP contribution in [0.15, 0.2) is 73.3 Å². The van der Waals surface area contributed by atoms with Crippen LogP contribution < -0.4 is 36.6 Å². The molecule has 440 valence electrons. The number of rotatable bonds is 26. The normalized spacial score (nSPS) is 17.5. The maximum absolute atomic E-state index is 12.3. The van der Waals surface area contributed by atoms with E-state index in [1.54, 1.807) is 6.33 Å². The number of imidazole rings is 2. The van der Waals surface area contributed by atoms with Crippen molar-refractivity contribution in [3.8, 4) is 11.5 Å². The molecule has 10 rings (SSSR count). The lowest BCUT2D eigenvalue weighted by Crippen LogP contribution is -2.27. The summed E-state index contributed by atoms with van der Waals surface area (Å²) in [6.07, 6.45) is 30.9. The number of ether oxygens (including phenoxy) is 4. The maximum Gasteiger partial charge on any atom is 0.324 e. The number of H-pyrrole nitrogens is 1. The van der Waals surface area contributed by atoms with Gasteiger partial charge in [-0.05, 0) is 138 Å². The molecule has 0 spiro atoms. The van der Waals surface area contributed by atoms with Gasteiger partial charge in [-0.3, -0.25) is 9.59 Å². The van der Waals surface area contributed by atoms with E-state index in [0.717, 1.165) is 165 Å². The highest BCUT2D eigenvalue weighted by molar-refractivity contribution is 5.90. The number of benzene rings is 2. The molecule has 2 aliphatic carbocycles. The first kappa shape index (κ1) is 61.7. The molecule has 2 saturated carbocycles. The van der Waals surface area contributed by atoms with Crippen molar-refractivity contribution < 1.29 is 33.4 Å². The zero-order chi connectivity index (χ0) is 55.6. The van der Waals surface area contributed by atoms with Crippen molar-refractivity contribution in [2.75, 3.05) is 47.7 Å². The molecule has 2 atom stereocenters. The molecule has 4 aromatic heterocycles. The van der Waals surface area contributed by atoms with Crippen molar-refractivity contribution in [3.63, 3.8) is 0 Å². The lowest BCUT2D eigenvalue weighted by atomic mass is 9.95. The highest BCUT2D eigenvalue weighted by Gasteiger charge is 2.24. The van der Waals surface area contributed by atoms with Crippen LogP contribution in [-0.2, 0) is 23.9 Å². The number of pyridine rings is 2. The van der Waals surface area contributed by atoms with Crippen molar-refractivity contribution in [2.24, 2.45) is 5.90 Å². The number of nitrogens with zero attached hydrogens (tertiary/aromatic N) is 5. The fourth-order valence-corrected chi connectivity index (χ4v) is 11.0. The van der Waals surface area contributed by atoms with Crippen LogP contribution >= 0.6 is 0 Å². The van der Waals surface area contributed by atoms with Crippen LogP contribution in [-0.4, -0.2) is 85.9 Å². The third-order valence-corrected chi connectivity index (χ3v) is 15.4. The Balaban J connectivity index is 0.000000231. The topological polar surface area (TPSA) is 268 Å². The van der Waals surface area contributed by atoms with Gasteiger partial charge >= 0.3 is 5.97 Å². The Morgan fingerprint density at radius 3 is 1.70 bits per heavy atom. The molecule has 6 aromatic rings. The van der Waals surface area contributed by atoms with Gasteiger partial charge in [-0.1, -0.05) is 77.2 Å². The number of carbonyl (C=O) groups excluding carboxylic acids is 2. The van der Waals surface area contributed by atoms with Gasteiger partial charge in [0.05, 0.1) is 36.9 Å². The molecule has 4 aliphatic rings. The molecule has 0 amide bonds. The van der Waals surface area contributed by atoms with E-state index in [-0.39, 0.29) is 31.5 Å². The number of hydrogen-bond acceptors (Lipinski definition) is 18. The smallest absolute Gasteiger partial charge is 0.324 e. The van der Waals surface area contributed by atoms with E-state index in [1.165, 1.54) is 70.6 Å². The van der Waals surface area contributed by atoms with Gasteiger partial charge < -0.3 is 54.6 Å². The number of unbranched alkanes of at least 4 members (excludes halogenated alkanes) is 6. The van der Waals surface area contributed by atoms with E-state index in [4.69, 9.17) is 44.7 Å². The number of nitrogens with one attached hydrogen (secondary N) is 6. The monoisotopic (exact) mass is 1120 g/mol. The Morgan fingerprint density at radius 1 is 0.617 bits per heavy atom. The van der Waals surface area contributed by atoms with Gasteiger partial charge in [0.1, 0.15) is 46.5 Å². The van der Waals surface area contributed by atoms with Gasteiger partial charge in [-0.15, -0.1) is 0 Å². The number of aromatic amines is 1. The first-order valence-corrected chi connectivity index (χ1v) is 29.5. The summed E-state index contributed by atoms with van der Waals surface area (Å²) in [5, 5.41) is 14.3. The third kappa shape index (κ3) is 19.4. The lowest BCUT2D eigenvalue weighted by molar-refractivity contribution is -0.144. The molecule has 6 heterocycles. The van der Waals surface area contributed by atoms with Gasteiger partial charge in [-0.25, -0.2) is 19.9 Å². The zero-order valence-corrected chi connectivity index (χ0v) is 46.5. The van der Waals surface area contributed by atoms with Crippen molar-refractivity contribution in [2.45, 2.75) is 199 Å². The molecule has 81 heavy (non-hydrogen) atoms. The molecule has 0 radical (unpaired) electrons. The van der Waals surface area contributed by atoms with Crippen LogP contribution in [0.3, 0.4) is 0 Å². The summed E-state index contributed by atoms with van der Waals surface area (Å²) in [5.74, 6) is 9.66. The van der Waals surface area contributed by atoms with Crippen LogP contribution in [0.4, 0.5) is 34.6 Å². The number of nitroso groups, excluding NO2 is 1. The first-order valence-electron chi connectivity index (χ1n) is 29.5. The number of anilines is 6. The maximum atomic E-state index is 12.3. The van der Waals surface area contributed by atoms with Gasteiger partial charge in [0.25, 0.3) is 0 Å². The van der Waals surface area contributed by atoms with Crippen LogP contribution in [0, 0.1) is 10.5 Å². The Morgan fingerprint density at radius 2 is 1.15 bits per heavy atom. The summed E-state index contributed by atoms with van der Waals surface area (Å²) >= 11 is 0. The average molecular weight is 1120 g/mol. The molecular formula is C61H88N12O8. The standard InChI is InChI=1S/C35H49N5O4.C25H34N6O3.CH4.HNO/c41-30(31-15-7-10-22-43-31)14-6-1-2-9-21-42-28-19-17-27(18-20-28)37-32-24-29-34(35(39-32)38-26-12-4-3-5-13-26)36-25-40(29)33-16-8-11-23-44-33;26-34-23(32)10-6-1-2-7-15-33-20-13-11-19(12-14-20)29-22-16-21-24(28-17-27-21)25(31-22)30-18-8-4-3-5-9-18;;1-2/h17-20,24-26,31,33H,1-16,21-23H2,(H2,37,38,39);11-14,16-18H,1-10,15,26H2,(H,27,28)(H2,29,30,31);1H4;1H. The van der Waals surface area contributed by atoms with Gasteiger partial charge in [0.2, 0.25) is 0 Å². The summed E-state index contributed by atoms with van der Waals surface area (Å²) in [6, 6.07) is 20.9. The molecular weight excluding hydrogens is 1030 g/mol. The van der Waals surface area contributed by atoms with E-state index in [9.17, 15) is 9.59 Å². The number of carbonyl (C=O) groups is 2. The fraction of sp³-hybridized carbons (Fsp3) is 0.574. The van der Waals surface area contributed by atoms with E-state index in [0.29, 0.717) is 38.1 Å². The highest BCUT2D eigenvalue weighted by atomic mass is 16.7. The van der Waals surface area contributed by atoms with Crippen LogP contribution in [0.25, 0.3) is 22.1 Å². The lowest BCUT2D eigenvalue weighted by Gasteiger charge is -2.25. The van der Waals surface area contributed by atoms with Gasteiger partial charge in [0.15, 0.2) is 17.4 Å². The van der Waals surface area contributed by atoms with E-state index in [2.05, 4.69) is 52.3 Å². The van der Waals surface area contributed by atoms with E-state index < -0.39 is 0 Å². The van der Waals surface area contributed by atoms with Crippen LogP contribution in [0.2, 0.25) is 0 Å². The number of aromatic nitrogens is 6. The summed E-state index contributed by atoms with van der Waals surface area (Å²) < 4.78 is 25.7. The largest absolute Gasteiger partial charge is 0.494 e. The minimum atomic E-state index is -0.360. The summed E-state index contributed by atoms with van der Waals surface area (Å²) in [4.78, 5) is 57.2. The van der Waals surface area contributed by atoms with Gasteiger partial charge in [-0.2, -0.15) is 10.8 Å². The number of Topliss-reactive ketones (excluding diaryl/α,β-unsaturated/α-hetero) is 1. The summed E-state index contributed by atoms with van der Waals surface area (Å²) in [7, 11) is 0. The number of ketones is 1. The van der Waals surface area contributed by atoms with Crippen molar-refractivity contribution in [3.05, 3.63) is 78.2 Å². The molecule has 20 heteroatoms. The SMILES string of the molecule is C.N=O.NOC(=O)CCCCCCOc1ccc(Nc2cc3[nH]cnc3c(NC3CCCCC3)n2)cc1.O=C(CCCCCCOc1ccc(Nc2cc3c(ncn3C3CCCCO3)c(NC3CCCCC3)n2)cc1)C1CCCCO1. The second kappa shape index (κ2) is 33.8. The Hall–Kier alpha value is -6.90. The Labute approximate surface area is 477 Å². The zero-order valence-electron chi connectivity index (χ0n) is 46.5. The molecule has 0 bridgehead atoms. The predicted molar refractivity (Wildman–Crippen MR) is 320 cm³/mol. The minimum absolute atomic E-state index is 0. The highest BCUT2D eigenvalue weighted by Crippen LogP contribution is 2.34. The van der Waals surface area contributed by atoms with Crippen molar-refractivity contribution in [1.29, 1.82) is 5.59 Å². The van der Waals surface area contributed by atoms with E-state index >= 15 is 0 Å². The van der Waals surface area contributed by atoms with Crippen LogP contribution in [0.1, 0.15) is 181 Å². The molecule has 2 aromatic carbocycles. The third-order valence-electron chi connectivity index (χ3n) is 15.4. The Bertz CT molecular complexity index is 2770. The summed E-state index contributed by atoms with van der Waals surface area (Å²) in [5.41, 5.74) is 10.2. The molecule has 2 unspecified atom stereocenters. The van der Waals surface area contributed by atoms with Crippen LogP contribution in [0.5, 0.6) is 11.5 Å². The molecule has 20 nitrogen and oxygen atoms in total. The van der Waals surface area contributed by atoms with Crippen molar-refractivity contribution in [1.82, 2.24) is 29.5 Å². The number of fused-ring (bicyclic) bond motifs is 2. The Kier molecular flexibility index (Phi) is 25.7. The first-order chi connectivity index (χ1) is 39.4. The second-order valence-electron chi connectivity index (χ2n) is 21.4. The predicted octanol–water partition coefficient (Wildman–Crippen LogP) is 14.2. The fourth-order valence-electron chi connectivity index (χ4n) is 11.0. The van der Waals surface area contributed by atoms with E-state index in [1.807, 2.05) is 60.9 Å². The van der Waals surface area contributed by atoms with Crippen molar-refractivity contribution >= 4 is 68.5 Å². The number of hydrogen-bond donors (Lipinski definition) is 7. The summed E-state index contributed by atoms with van der Waals surface area (Å²) in [6.45, 7) is 2.84. The second-order valence-corrected chi connectivity index (χ2v) is 21.4. The minimum Gasteiger partial charge on any atom is -0.494 e. The average Bonchev–Trinajstić information content (AvgIpc) is 4.22. The molecule has 2 aliphatic heterocycles. The molecule has 2 saturated heterocycles. The number of nitrogens with two attached hydrogens (primary N) is 1. The quantitative estimate of drug-likeness (QED) is 0.0151. The van der Waals surface area contributed by atoms with Gasteiger partial charge in [0, 0.05) is 61.6 Å².